The zero-order chi connectivity index (χ0) is 45.9. The molecule has 0 aliphatic heterocycles. The summed E-state index contributed by atoms with van der Waals surface area (Å²) in [6, 6.07) is 25.8. The van der Waals surface area contributed by atoms with Crippen molar-refractivity contribution in [3.8, 4) is 35.0 Å². The van der Waals surface area contributed by atoms with E-state index in [9.17, 15) is 0 Å². The summed E-state index contributed by atoms with van der Waals surface area (Å²) in [4.78, 5) is 1.85. The Morgan fingerprint density at radius 1 is 0.698 bits per heavy atom. The molecule has 0 unspecified atom stereocenters. The minimum Gasteiger partial charge on any atom is -1.00 e. The molecule has 0 bridgehead atoms. The molecule has 0 aliphatic carbocycles. The molecule has 6 nitrogen and oxygen atoms in total. The molecule has 0 saturated heterocycles. The monoisotopic (exact) mass is 831 g/mol. The van der Waals surface area contributed by atoms with Gasteiger partial charge < -0.3 is 12.0 Å². The molecule has 0 saturated carbocycles. The molecule has 0 amide bonds. The number of thiazole rings is 2. The molecule has 6 rings (SSSR count). The summed E-state index contributed by atoms with van der Waals surface area (Å²) in [6.07, 6.45) is 16.0. The van der Waals surface area contributed by atoms with E-state index in [-0.39, 0.29) is 10.8 Å². The molecule has 63 heavy (non-hydrogen) atoms. The number of nitrogens with zero attached hydrogens (tertiary/aromatic N) is 6. The molecule has 0 spiro atoms. The quantitative estimate of drug-likeness (QED) is 0.0459. The number of hydrogen-bond acceptors (Lipinski definition) is 4. The summed E-state index contributed by atoms with van der Waals surface area (Å²) in [5.74, 6) is 7.50. The SMILES string of the molecule is CCCC[n+]1ccc(-c2cc[n+](CCCCn3/c(=N/N=c4/sc5ccccc5n4C)sc4ccccc43)cc2)cc1.[B]B([B])B([B])B(C#C)B([B])[B].[B][B]B(C#CB([B])[B])B([B])[B].[H-].[H-].[HH]. The van der Waals surface area contributed by atoms with Crippen LogP contribution in [-0.4, -0.2) is 139 Å². The van der Waals surface area contributed by atoms with Crippen LogP contribution in [0.5, 0.6) is 0 Å². The van der Waals surface area contributed by atoms with Crippen molar-refractivity contribution in [1.29, 1.82) is 0 Å². The maximum atomic E-state index is 5.52. The molecule has 285 valence electrons. The summed E-state index contributed by atoms with van der Waals surface area (Å²) in [5, 5.41) is 9.44. The van der Waals surface area contributed by atoms with Gasteiger partial charge in [-0.1, -0.05) is 60.3 Å². The van der Waals surface area contributed by atoms with Gasteiger partial charge in [0.05, 0.1) is 20.4 Å². The Labute approximate surface area is 404 Å². The van der Waals surface area contributed by atoms with Crippen LogP contribution >= 0.6 is 22.7 Å². The smallest absolute Gasteiger partial charge is 0.211 e. The van der Waals surface area contributed by atoms with Crippen LogP contribution < -0.4 is 18.7 Å². The van der Waals surface area contributed by atoms with Crippen LogP contribution in [0.25, 0.3) is 31.6 Å². The molecule has 21 radical (unpaired) electrons. The maximum absolute atomic E-state index is 5.52. The average Bonchev–Trinajstić information content (AvgIpc) is 3.80. The van der Waals surface area contributed by atoms with Crippen LogP contribution in [0.4, 0.5) is 0 Å². The van der Waals surface area contributed by atoms with Gasteiger partial charge in [0.2, 0.25) is 9.60 Å². The van der Waals surface area contributed by atoms with Gasteiger partial charge >= 0.3 is 0 Å². The third-order valence-electron chi connectivity index (χ3n) is 9.96. The Balaban J connectivity index is 0.000000727. The number of aryl methyl sites for hydroxylation is 4. The number of hydrogen-bond donors (Lipinski definition) is 0. The fourth-order valence-electron chi connectivity index (χ4n) is 6.26. The number of fused-ring (bicyclic) bond motifs is 2. The van der Waals surface area contributed by atoms with Crippen molar-refractivity contribution in [3.05, 3.63) is 107 Å². The van der Waals surface area contributed by atoms with Crippen LogP contribution in [0, 0.1) is 23.9 Å². The van der Waals surface area contributed by atoms with E-state index in [1.165, 1.54) is 51.5 Å². The van der Waals surface area contributed by atoms with Gasteiger partial charge in [-0.25, -0.2) is 9.13 Å². The van der Waals surface area contributed by atoms with E-state index < -0.39 is 38.5 Å². The Morgan fingerprint density at radius 3 is 1.70 bits per heavy atom. The number of pyridine rings is 2. The fourth-order valence-corrected chi connectivity index (χ4v) is 8.24. The first-order valence-electron chi connectivity index (χ1n) is 20.8. The highest BCUT2D eigenvalue weighted by molar-refractivity contribution is 7.93. The summed E-state index contributed by atoms with van der Waals surface area (Å²) >= 11 is 3.38. The van der Waals surface area contributed by atoms with Crippen molar-refractivity contribution in [2.24, 2.45) is 17.3 Å². The highest BCUT2D eigenvalue weighted by atomic mass is 32.1. The predicted molar refractivity (Wildman–Crippen MR) is 293 cm³/mol. The van der Waals surface area contributed by atoms with Gasteiger partial charge in [-0.3, -0.25) is 0 Å². The van der Waals surface area contributed by atoms with Crippen molar-refractivity contribution >= 4 is 173 Å². The number of unbranched alkanes of at least 4 members (excludes halogenated alkanes) is 2. The molecule has 4 heterocycles. The van der Waals surface area contributed by atoms with Gasteiger partial charge in [0.15, 0.2) is 24.8 Å². The van der Waals surface area contributed by atoms with E-state index in [1.807, 2.05) is 0 Å². The largest absolute Gasteiger partial charge is 1.00 e. The highest BCUT2D eigenvalue weighted by Gasteiger charge is 2.26. The lowest BCUT2D eigenvalue weighted by Crippen LogP contribution is -2.58. The Hall–Kier alpha value is -3.59. The van der Waals surface area contributed by atoms with E-state index >= 15 is 0 Å². The van der Waals surface area contributed by atoms with Crippen molar-refractivity contribution in [2.75, 3.05) is 0 Å². The van der Waals surface area contributed by atoms with E-state index in [0.29, 0.717) is 0 Å². The van der Waals surface area contributed by atoms with Crippen molar-refractivity contribution in [1.82, 2.24) is 9.13 Å². The van der Waals surface area contributed by atoms with E-state index in [1.54, 1.807) is 22.7 Å². The fraction of sp³-hybridized carbons (Fsp3) is 0.243. The topological polar surface area (TPSA) is 42.3 Å². The average molecular weight is 829 g/mol. The molecule has 2 aromatic carbocycles. The van der Waals surface area contributed by atoms with Crippen LogP contribution in [0.3, 0.4) is 0 Å². The lowest BCUT2D eigenvalue weighted by molar-refractivity contribution is -0.697. The second kappa shape index (κ2) is 27.0. The molecular formula is C37H41B18N6S2. The van der Waals surface area contributed by atoms with Gasteiger partial charge in [0, 0.05) is 162 Å². The minimum atomic E-state index is -0.689. The van der Waals surface area contributed by atoms with E-state index in [4.69, 9.17) is 88.9 Å². The first-order valence-corrected chi connectivity index (χ1v) is 22.4. The Kier molecular flexibility index (Phi) is 22.3. The molecule has 0 aliphatic rings. The normalized spacial score (nSPS) is 10.9. The first-order chi connectivity index (χ1) is 30.3. The second-order valence-corrected chi connectivity index (χ2v) is 16.9. The minimum absolute atomic E-state index is 0. The lowest BCUT2D eigenvalue weighted by atomic mass is 8.63. The van der Waals surface area contributed by atoms with Crippen LogP contribution in [0.1, 0.15) is 36.9 Å². The molecule has 0 fully saturated rings. The lowest BCUT2D eigenvalue weighted by Gasteiger charge is -2.19. The third-order valence-corrected chi connectivity index (χ3v) is 12.1. The van der Waals surface area contributed by atoms with Crippen LogP contribution in [0.15, 0.2) is 108 Å². The van der Waals surface area contributed by atoms with Crippen molar-refractivity contribution in [2.45, 2.75) is 52.2 Å². The highest BCUT2D eigenvalue weighted by Crippen LogP contribution is 2.19. The molecule has 4 aromatic heterocycles. The van der Waals surface area contributed by atoms with Crippen molar-refractivity contribution in [3.63, 3.8) is 0 Å². The van der Waals surface area contributed by atoms with E-state index in [0.717, 1.165) is 42.1 Å². The van der Waals surface area contributed by atoms with Gasteiger partial charge in [0.1, 0.15) is 32.6 Å². The zero-order valence-electron chi connectivity index (χ0n) is 38.2. The molecule has 26 heteroatoms. The number of rotatable bonds is 15. The number of benzene rings is 2. The molecule has 6 aromatic rings. The maximum Gasteiger partial charge on any atom is 0.211 e. The van der Waals surface area contributed by atoms with Crippen LogP contribution in [0.2, 0.25) is 0 Å². The summed E-state index contributed by atoms with van der Waals surface area (Å²) in [5.41, 5.74) is 4.92. The molecule has 0 atom stereocenters. The van der Waals surface area contributed by atoms with Gasteiger partial charge in [0.25, 0.3) is 0 Å². The first kappa shape index (κ1) is 52.0. The number of aromatic nitrogens is 4. The summed E-state index contributed by atoms with van der Waals surface area (Å²) < 4.78 is 11.5. The van der Waals surface area contributed by atoms with Crippen LogP contribution in [-0.2, 0) is 26.7 Å². The third kappa shape index (κ3) is 16.1. The summed E-state index contributed by atoms with van der Waals surface area (Å²) in [6.45, 7) is 3.71. The second-order valence-electron chi connectivity index (χ2n) is 14.9. The number of terminal acetylenes is 1. The summed E-state index contributed by atoms with van der Waals surface area (Å²) in [7, 11) is 56.3. The van der Waals surface area contributed by atoms with Gasteiger partial charge in [-0.15, -0.1) is 16.6 Å². The Bertz CT molecular complexity index is 2580. The molecule has 0 N–H and O–H groups in total. The van der Waals surface area contributed by atoms with Gasteiger partial charge in [-0.2, -0.15) is 17.5 Å². The number of para-hydroxylation sites is 2. The van der Waals surface area contributed by atoms with E-state index in [2.05, 4.69) is 152 Å². The predicted octanol–water partition coefficient (Wildman–Crippen LogP) is -0.0585. The standard InChI is InChI=1S/C33H36N6S2.C2B9.C2HB9.H2.2H/c1-3-4-19-37-22-15-26(16-23-37)27-17-24-38(25-18-27)20-9-10-21-39-29-12-6-8-14-31(29)41-33(39)35-34-32-36(2)28-11-5-7-13-30(28)40-32;3-8-10(11(6)7)2-1-9(4)5;1-2-8(9(3)4)11(7)10(5)6;;;/h5-8,11-18,22-25H,3-4,9-10,19-21H2,1-2H3;;1H;1H;;/q+2;;;;2*-1/b34-32+,35-33-;;;;;. The van der Waals surface area contributed by atoms with Crippen molar-refractivity contribution < 1.29 is 13.4 Å². The molecular weight excluding hydrogens is 787 g/mol. The zero-order valence-corrected chi connectivity index (χ0v) is 37.8. The Morgan fingerprint density at radius 2 is 1.22 bits per heavy atom. The van der Waals surface area contributed by atoms with Gasteiger partial charge in [-0.05, 0) is 41.8 Å².